The fourth-order valence-electron chi connectivity index (χ4n) is 0.664. The smallest absolute Gasteiger partial charge is 0.0267 e. The van der Waals surface area contributed by atoms with E-state index in [2.05, 4.69) is 27.7 Å². The van der Waals surface area contributed by atoms with Crippen LogP contribution in [-0.4, -0.2) is 17.1 Å². The van der Waals surface area contributed by atoms with Crippen LogP contribution in [0, 0.1) is 0 Å². The Hall–Kier alpha value is -0.0800. The van der Waals surface area contributed by atoms with Crippen molar-refractivity contribution in [3.8, 4) is 0 Å². The van der Waals surface area contributed by atoms with Gasteiger partial charge in [0.15, 0.2) is 0 Å². The Morgan fingerprint density at radius 2 is 1.80 bits per heavy atom. The highest BCUT2D eigenvalue weighted by Crippen LogP contribution is 2.08. The summed E-state index contributed by atoms with van der Waals surface area (Å²) >= 11 is 0. The van der Waals surface area contributed by atoms with E-state index in [-0.39, 0.29) is 5.54 Å². The predicted octanol–water partition coefficient (Wildman–Crippen LogP) is 1.76. The van der Waals surface area contributed by atoms with Crippen molar-refractivity contribution in [1.29, 1.82) is 0 Å². The highest BCUT2D eigenvalue weighted by atomic mass is 15.4. The van der Waals surface area contributed by atoms with Gasteiger partial charge in [-0.25, -0.2) is 5.01 Å². The summed E-state index contributed by atoms with van der Waals surface area (Å²) in [6.45, 7) is 9.56. The number of rotatable bonds is 3. The van der Waals surface area contributed by atoms with Gasteiger partial charge in [0.1, 0.15) is 0 Å². The highest BCUT2D eigenvalue weighted by Gasteiger charge is 2.15. The zero-order valence-electron chi connectivity index (χ0n) is 7.65. The van der Waals surface area contributed by atoms with Crippen molar-refractivity contribution in [2.45, 2.75) is 46.1 Å². The second kappa shape index (κ2) is 3.94. The van der Waals surface area contributed by atoms with Gasteiger partial charge in [-0.2, -0.15) is 0 Å². The van der Waals surface area contributed by atoms with Crippen molar-refractivity contribution < 1.29 is 0 Å². The number of unbranched alkanes of at least 4 members (excludes halogenated alkanes) is 1. The molecular weight excluding hydrogens is 124 g/mol. The number of nitrogens with zero attached hydrogens (tertiary/aromatic N) is 1. The summed E-state index contributed by atoms with van der Waals surface area (Å²) in [7, 11) is 0. The first kappa shape index (κ1) is 9.92. The lowest BCUT2D eigenvalue weighted by atomic mass is 10.1. The van der Waals surface area contributed by atoms with E-state index in [1.807, 2.05) is 5.01 Å². The van der Waals surface area contributed by atoms with Gasteiger partial charge in [-0.1, -0.05) is 13.3 Å². The van der Waals surface area contributed by atoms with Gasteiger partial charge in [0.25, 0.3) is 0 Å². The Labute approximate surface area is 64.4 Å². The normalized spacial score (nSPS) is 12.6. The molecule has 0 amide bonds. The van der Waals surface area contributed by atoms with Gasteiger partial charge in [0.2, 0.25) is 0 Å². The predicted molar refractivity (Wildman–Crippen MR) is 45.6 cm³/mol. The molecule has 0 aliphatic heterocycles. The van der Waals surface area contributed by atoms with Gasteiger partial charge in [-0.3, -0.25) is 5.84 Å². The lowest BCUT2D eigenvalue weighted by Crippen LogP contribution is -2.46. The zero-order valence-corrected chi connectivity index (χ0v) is 7.65. The maximum atomic E-state index is 5.77. The van der Waals surface area contributed by atoms with E-state index >= 15 is 0 Å². The average molecular weight is 144 g/mol. The molecule has 0 unspecified atom stereocenters. The Bertz CT molecular complexity index is 83.7. The molecule has 0 aromatic heterocycles. The van der Waals surface area contributed by atoms with Crippen molar-refractivity contribution in [1.82, 2.24) is 5.01 Å². The third-order valence-electron chi connectivity index (χ3n) is 1.61. The fourth-order valence-corrected chi connectivity index (χ4v) is 0.664. The van der Waals surface area contributed by atoms with Gasteiger partial charge in [-0.15, -0.1) is 0 Å². The largest absolute Gasteiger partial charge is 0.268 e. The number of nitrogens with two attached hydrogens (primary N) is 1. The Morgan fingerprint density at radius 1 is 1.30 bits per heavy atom. The van der Waals surface area contributed by atoms with E-state index in [0.29, 0.717) is 0 Å². The molecule has 0 heterocycles. The molecule has 62 valence electrons. The van der Waals surface area contributed by atoms with Gasteiger partial charge >= 0.3 is 0 Å². The molecule has 0 aromatic carbocycles. The maximum absolute atomic E-state index is 5.77. The van der Waals surface area contributed by atoms with E-state index in [0.717, 1.165) is 6.54 Å². The van der Waals surface area contributed by atoms with Crippen LogP contribution < -0.4 is 5.84 Å². The molecule has 2 N–H and O–H groups in total. The summed E-state index contributed by atoms with van der Waals surface area (Å²) in [5.41, 5.74) is 0.120. The molecule has 0 fully saturated rings. The standard InChI is InChI=1S/C8H20N2/c1-5-6-7-10(9)8(2,3)4/h5-7,9H2,1-4H3. The van der Waals surface area contributed by atoms with Crippen molar-refractivity contribution >= 4 is 0 Å². The lowest BCUT2D eigenvalue weighted by Gasteiger charge is -2.30. The van der Waals surface area contributed by atoms with Crippen LogP contribution in [0.25, 0.3) is 0 Å². The maximum Gasteiger partial charge on any atom is 0.0267 e. The minimum absolute atomic E-state index is 0.120. The second-order valence-electron chi connectivity index (χ2n) is 3.72. The molecule has 0 saturated carbocycles. The SMILES string of the molecule is CCCCN(N)C(C)(C)C. The minimum atomic E-state index is 0.120. The second-order valence-corrected chi connectivity index (χ2v) is 3.72. The molecule has 0 radical (unpaired) electrons. The third kappa shape index (κ3) is 3.85. The molecule has 0 rings (SSSR count). The summed E-state index contributed by atoms with van der Waals surface area (Å²) < 4.78 is 0. The molecule has 2 nitrogen and oxygen atoms in total. The van der Waals surface area contributed by atoms with Crippen LogP contribution in [-0.2, 0) is 0 Å². The van der Waals surface area contributed by atoms with Crippen LogP contribution in [0.2, 0.25) is 0 Å². The fraction of sp³-hybridized carbons (Fsp3) is 1.00. The lowest BCUT2D eigenvalue weighted by molar-refractivity contribution is 0.136. The van der Waals surface area contributed by atoms with Crippen molar-refractivity contribution in [2.24, 2.45) is 5.84 Å². The van der Waals surface area contributed by atoms with Gasteiger partial charge < -0.3 is 0 Å². The van der Waals surface area contributed by atoms with Crippen molar-refractivity contribution in [2.75, 3.05) is 6.54 Å². The molecule has 0 saturated heterocycles. The first-order chi connectivity index (χ1) is 4.48. The Morgan fingerprint density at radius 3 is 2.10 bits per heavy atom. The van der Waals surface area contributed by atoms with E-state index in [1.54, 1.807) is 0 Å². The average Bonchev–Trinajstić information content (AvgIpc) is 1.80. The summed E-state index contributed by atoms with van der Waals surface area (Å²) in [5, 5.41) is 1.90. The zero-order chi connectivity index (χ0) is 8.20. The van der Waals surface area contributed by atoms with Gasteiger partial charge in [0.05, 0.1) is 0 Å². The topological polar surface area (TPSA) is 29.3 Å². The molecule has 0 aliphatic rings. The molecular formula is C8H20N2. The van der Waals surface area contributed by atoms with Gasteiger partial charge in [-0.05, 0) is 27.2 Å². The molecule has 0 aromatic rings. The number of hydrogen-bond donors (Lipinski definition) is 1. The molecule has 0 atom stereocenters. The number of hydrazine groups is 1. The van der Waals surface area contributed by atoms with Crippen molar-refractivity contribution in [3.05, 3.63) is 0 Å². The Balaban J connectivity index is 3.52. The third-order valence-corrected chi connectivity index (χ3v) is 1.61. The minimum Gasteiger partial charge on any atom is -0.268 e. The summed E-state index contributed by atoms with van der Waals surface area (Å²) in [6, 6.07) is 0. The number of hydrogen-bond acceptors (Lipinski definition) is 2. The van der Waals surface area contributed by atoms with Crippen LogP contribution in [0.5, 0.6) is 0 Å². The molecule has 0 spiro atoms. The van der Waals surface area contributed by atoms with E-state index < -0.39 is 0 Å². The van der Waals surface area contributed by atoms with Crippen LogP contribution in [0.15, 0.2) is 0 Å². The summed E-state index contributed by atoms with van der Waals surface area (Å²) in [4.78, 5) is 0. The van der Waals surface area contributed by atoms with Crippen LogP contribution in [0.1, 0.15) is 40.5 Å². The van der Waals surface area contributed by atoms with Crippen molar-refractivity contribution in [3.63, 3.8) is 0 Å². The molecule has 0 bridgehead atoms. The van der Waals surface area contributed by atoms with E-state index in [9.17, 15) is 0 Å². The van der Waals surface area contributed by atoms with Crippen LogP contribution >= 0.6 is 0 Å². The quantitative estimate of drug-likeness (QED) is 0.483. The highest BCUT2D eigenvalue weighted by molar-refractivity contribution is 4.70. The molecule has 0 aliphatic carbocycles. The van der Waals surface area contributed by atoms with Gasteiger partial charge in [0, 0.05) is 12.1 Å². The van der Waals surface area contributed by atoms with Crippen LogP contribution in [0.3, 0.4) is 0 Å². The molecule has 2 heteroatoms. The van der Waals surface area contributed by atoms with E-state index in [1.165, 1.54) is 12.8 Å². The first-order valence-electron chi connectivity index (χ1n) is 4.01. The molecule has 10 heavy (non-hydrogen) atoms. The van der Waals surface area contributed by atoms with Crippen LogP contribution in [0.4, 0.5) is 0 Å². The first-order valence-corrected chi connectivity index (χ1v) is 4.01. The summed E-state index contributed by atoms with van der Waals surface area (Å²) in [6.07, 6.45) is 2.40. The van der Waals surface area contributed by atoms with E-state index in [4.69, 9.17) is 5.84 Å². The summed E-state index contributed by atoms with van der Waals surface area (Å²) in [5.74, 6) is 5.77. The Kier molecular flexibility index (Phi) is 3.91. The monoisotopic (exact) mass is 144 g/mol.